The molecule has 2 aliphatic rings. The molecule has 2 unspecified atom stereocenters. The summed E-state index contributed by atoms with van der Waals surface area (Å²) in [6, 6.07) is 2.50. The van der Waals surface area contributed by atoms with Gasteiger partial charge in [0.15, 0.2) is 6.04 Å². The van der Waals surface area contributed by atoms with E-state index in [0.29, 0.717) is 42.5 Å². The van der Waals surface area contributed by atoms with Crippen LogP contribution in [0.5, 0.6) is 0 Å². The van der Waals surface area contributed by atoms with Gasteiger partial charge in [-0.25, -0.2) is 8.78 Å². The number of aromatic nitrogens is 1. The molecule has 1 N–H and O–H groups in total. The van der Waals surface area contributed by atoms with E-state index in [1.165, 1.54) is 31.4 Å². The Morgan fingerprint density at radius 1 is 1.18 bits per heavy atom. The van der Waals surface area contributed by atoms with Gasteiger partial charge in [0, 0.05) is 25.1 Å². The number of rotatable bonds is 5. The molecule has 2 atom stereocenters. The summed E-state index contributed by atoms with van der Waals surface area (Å²) in [5.74, 6) is -0.625. The molecule has 1 aromatic heterocycles. The minimum absolute atomic E-state index is 0.226. The first-order chi connectivity index (χ1) is 15.6. The first-order valence-corrected chi connectivity index (χ1v) is 11.9. The fraction of sp³-hybridized carbons (Fsp3) is 0.478. The second-order valence-electron chi connectivity index (χ2n) is 8.53. The molecule has 1 fully saturated rings. The van der Waals surface area contributed by atoms with Crippen molar-refractivity contribution in [1.29, 1.82) is 0 Å². The molecule has 1 saturated heterocycles. The number of carbonyl (C=O) groups is 1. The summed E-state index contributed by atoms with van der Waals surface area (Å²) in [6.07, 6.45) is -1.51. The Morgan fingerprint density at radius 2 is 1.91 bits per heavy atom. The molecule has 0 radical (unpaired) electrons. The van der Waals surface area contributed by atoms with Crippen molar-refractivity contribution in [2.24, 2.45) is 5.92 Å². The van der Waals surface area contributed by atoms with Gasteiger partial charge in [0.25, 0.3) is 0 Å². The third kappa shape index (κ3) is 5.26. The van der Waals surface area contributed by atoms with Crippen LogP contribution in [-0.4, -0.2) is 46.6 Å². The van der Waals surface area contributed by atoms with Gasteiger partial charge in [-0.15, -0.1) is 0 Å². The van der Waals surface area contributed by atoms with E-state index in [0.717, 1.165) is 22.5 Å². The molecule has 10 heteroatoms. The number of hydrogen-bond donors (Lipinski definition) is 1. The minimum atomic E-state index is -4.68. The normalized spacial score (nSPS) is 19.8. The van der Waals surface area contributed by atoms with Crippen molar-refractivity contribution in [3.05, 3.63) is 58.9 Å². The van der Waals surface area contributed by atoms with Gasteiger partial charge in [-0.1, -0.05) is 0 Å². The summed E-state index contributed by atoms with van der Waals surface area (Å²) in [7, 11) is 1.18. The molecule has 0 saturated carbocycles. The number of hydrogen-bond acceptors (Lipinski definition) is 4. The topological polar surface area (TPSA) is 45.2 Å². The van der Waals surface area contributed by atoms with Gasteiger partial charge >= 0.3 is 6.18 Å². The molecule has 2 heterocycles. The van der Waals surface area contributed by atoms with Crippen molar-refractivity contribution in [2.45, 2.75) is 43.9 Å². The van der Waals surface area contributed by atoms with Crippen LogP contribution in [0.25, 0.3) is 0 Å². The number of nitrogens with one attached hydrogen (secondary N) is 1. The Balaban J connectivity index is 1.47. The first-order valence-electron chi connectivity index (χ1n) is 10.7. The largest absolute Gasteiger partial charge is 0.414 e. The lowest BCUT2D eigenvalue weighted by atomic mass is 9.99. The molecule has 4 nitrogen and oxygen atoms in total. The van der Waals surface area contributed by atoms with Crippen LogP contribution in [0.15, 0.2) is 30.5 Å². The van der Waals surface area contributed by atoms with Crippen LogP contribution in [0.2, 0.25) is 0 Å². The van der Waals surface area contributed by atoms with Gasteiger partial charge in [0.2, 0.25) is 5.91 Å². The van der Waals surface area contributed by atoms with Crippen LogP contribution in [-0.2, 0) is 17.6 Å². The number of nitrogens with zero attached hydrogens (tertiary/aromatic N) is 2. The second kappa shape index (κ2) is 9.48. The highest BCUT2D eigenvalue weighted by Crippen LogP contribution is 2.38. The van der Waals surface area contributed by atoms with Gasteiger partial charge in [-0.3, -0.25) is 9.78 Å². The third-order valence-electron chi connectivity index (χ3n) is 6.22. The highest BCUT2D eigenvalue weighted by Gasteiger charge is 2.47. The lowest BCUT2D eigenvalue weighted by Gasteiger charge is -2.33. The third-order valence-corrected chi connectivity index (χ3v) is 7.27. The first kappa shape index (κ1) is 23.8. The van der Waals surface area contributed by atoms with Crippen molar-refractivity contribution < 1.29 is 26.7 Å². The van der Waals surface area contributed by atoms with E-state index < -0.39 is 35.7 Å². The van der Waals surface area contributed by atoms with Crippen LogP contribution in [0.1, 0.15) is 35.7 Å². The Morgan fingerprint density at radius 3 is 2.55 bits per heavy atom. The van der Waals surface area contributed by atoms with E-state index in [9.17, 15) is 26.7 Å². The standard InChI is InChI=1S/C23H24F5N3OS/c1-31(22(32)13-4-6-33-7-5-13)21(23(26,27)28)20-3-2-16(12-29-20)30-17-9-14-8-15(24)10-19(25)18(14)11-17/h2-3,8,10,12-13,17,21,30H,4-7,9,11H2,1H3. The smallest absolute Gasteiger partial charge is 0.380 e. The van der Waals surface area contributed by atoms with Gasteiger partial charge < -0.3 is 10.2 Å². The number of fused-ring (bicyclic) bond motifs is 1. The van der Waals surface area contributed by atoms with Crippen LogP contribution < -0.4 is 5.32 Å². The van der Waals surface area contributed by atoms with E-state index in [-0.39, 0.29) is 11.7 Å². The van der Waals surface area contributed by atoms with E-state index in [1.54, 1.807) is 11.8 Å². The Bertz CT molecular complexity index is 1010. The summed E-state index contributed by atoms with van der Waals surface area (Å²) >= 11 is 1.70. The number of amides is 1. The van der Waals surface area contributed by atoms with Crippen LogP contribution >= 0.6 is 11.8 Å². The summed E-state index contributed by atoms with van der Waals surface area (Å²) in [6.45, 7) is 0. The van der Waals surface area contributed by atoms with Crippen molar-refractivity contribution in [1.82, 2.24) is 9.88 Å². The molecule has 2 aromatic rings. The highest BCUT2D eigenvalue weighted by molar-refractivity contribution is 7.99. The average molecular weight is 486 g/mol. The molecular weight excluding hydrogens is 461 g/mol. The fourth-order valence-corrected chi connectivity index (χ4v) is 5.69. The van der Waals surface area contributed by atoms with Crippen molar-refractivity contribution >= 4 is 23.4 Å². The van der Waals surface area contributed by atoms with E-state index in [1.807, 2.05) is 0 Å². The number of carbonyl (C=O) groups excluding carboxylic acids is 1. The summed E-state index contributed by atoms with van der Waals surface area (Å²) in [5, 5.41) is 3.13. The molecule has 178 valence electrons. The molecule has 1 amide bonds. The summed E-state index contributed by atoms with van der Waals surface area (Å²) < 4.78 is 69.2. The predicted octanol–water partition coefficient (Wildman–Crippen LogP) is 5.14. The Labute approximate surface area is 192 Å². The zero-order valence-corrected chi connectivity index (χ0v) is 18.8. The lowest BCUT2D eigenvalue weighted by molar-refractivity contribution is -0.191. The maximum absolute atomic E-state index is 14.0. The van der Waals surface area contributed by atoms with Gasteiger partial charge in [-0.2, -0.15) is 24.9 Å². The molecule has 0 spiro atoms. The lowest BCUT2D eigenvalue weighted by Crippen LogP contribution is -2.43. The molecule has 1 aliphatic heterocycles. The molecule has 1 aromatic carbocycles. The SMILES string of the molecule is CN(C(=O)C1CCSCC1)C(c1ccc(NC2Cc3cc(F)cc(F)c3C2)cn1)C(F)(F)F. The van der Waals surface area contributed by atoms with Gasteiger partial charge in [-0.05, 0) is 66.5 Å². The number of anilines is 1. The van der Waals surface area contributed by atoms with Crippen LogP contribution in [0.4, 0.5) is 27.6 Å². The average Bonchev–Trinajstić information content (AvgIpc) is 3.17. The molecule has 4 rings (SSSR count). The van der Waals surface area contributed by atoms with Crippen molar-refractivity contribution in [3.8, 4) is 0 Å². The van der Waals surface area contributed by atoms with E-state index >= 15 is 0 Å². The van der Waals surface area contributed by atoms with E-state index in [4.69, 9.17) is 0 Å². The van der Waals surface area contributed by atoms with Gasteiger partial charge in [0.1, 0.15) is 11.6 Å². The second-order valence-corrected chi connectivity index (χ2v) is 9.75. The maximum Gasteiger partial charge on any atom is 0.414 e. The van der Waals surface area contributed by atoms with Crippen molar-refractivity contribution in [2.75, 3.05) is 23.9 Å². The summed E-state index contributed by atoms with van der Waals surface area (Å²) in [5.41, 5.74) is 1.22. The number of thioether (sulfide) groups is 1. The number of alkyl halides is 3. The number of halogens is 5. The quantitative estimate of drug-likeness (QED) is 0.596. The van der Waals surface area contributed by atoms with Gasteiger partial charge in [0.05, 0.1) is 17.6 Å². The Hall–Kier alpha value is -2.36. The molecule has 33 heavy (non-hydrogen) atoms. The van der Waals surface area contributed by atoms with Crippen molar-refractivity contribution in [3.63, 3.8) is 0 Å². The predicted molar refractivity (Wildman–Crippen MR) is 117 cm³/mol. The fourth-order valence-electron chi connectivity index (χ4n) is 4.59. The molecule has 0 bridgehead atoms. The Kier molecular flexibility index (Phi) is 6.83. The molecule has 1 aliphatic carbocycles. The number of pyridine rings is 1. The number of benzene rings is 1. The monoisotopic (exact) mass is 485 g/mol. The van der Waals surface area contributed by atoms with Crippen LogP contribution in [0.3, 0.4) is 0 Å². The molecular formula is C23H24F5N3OS. The summed E-state index contributed by atoms with van der Waals surface area (Å²) in [4.78, 5) is 17.5. The zero-order chi connectivity index (χ0) is 23.8. The minimum Gasteiger partial charge on any atom is -0.380 e. The van der Waals surface area contributed by atoms with E-state index in [2.05, 4.69) is 10.3 Å². The highest BCUT2D eigenvalue weighted by atomic mass is 32.2. The maximum atomic E-state index is 14.0. The van der Waals surface area contributed by atoms with Crippen LogP contribution in [0, 0.1) is 17.6 Å². The zero-order valence-electron chi connectivity index (χ0n) is 18.0.